The third-order valence-electron chi connectivity index (χ3n) is 5.49. The summed E-state index contributed by atoms with van der Waals surface area (Å²) in [4.78, 5) is 52.8. The molecular formula is C21H24N9O5S3+. The first kappa shape index (κ1) is 27.2. The van der Waals surface area contributed by atoms with Crippen molar-refractivity contribution in [1.82, 2.24) is 20.2 Å². The van der Waals surface area contributed by atoms with E-state index in [1.54, 1.807) is 13.1 Å². The summed E-state index contributed by atoms with van der Waals surface area (Å²) in [6.45, 7) is 3.57. The lowest BCUT2D eigenvalue weighted by Gasteiger charge is -2.49. The normalized spacial score (nSPS) is 19.0. The number of hydrogen-bond donors (Lipinski definition) is 5. The van der Waals surface area contributed by atoms with Crippen molar-refractivity contribution in [3.8, 4) is 0 Å². The number of carboxylic acids is 1. The SMILES string of the molecule is C=CCO/N=C(\C(=O)N[C@@H]1C(=O)N2C(C(=O)O)=C(CSc3cc(N)[n+](C)c(N)n3)CS[C@H]12)c1csc(N)n1. The molecule has 8 N–H and O–H groups in total. The topological polar surface area (TPSA) is 216 Å². The first-order chi connectivity index (χ1) is 18.1. The minimum atomic E-state index is -1.24. The Morgan fingerprint density at radius 1 is 1.42 bits per heavy atom. The van der Waals surface area contributed by atoms with Crippen molar-refractivity contribution in [2.75, 3.05) is 35.3 Å². The molecule has 200 valence electrons. The van der Waals surface area contributed by atoms with E-state index in [0.29, 0.717) is 22.2 Å². The van der Waals surface area contributed by atoms with E-state index in [4.69, 9.17) is 22.0 Å². The number of aromatic nitrogens is 3. The molecular weight excluding hydrogens is 554 g/mol. The minimum absolute atomic E-state index is 0.0503. The Morgan fingerprint density at radius 2 is 2.18 bits per heavy atom. The van der Waals surface area contributed by atoms with Gasteiger partial charge in [-0.1, -0.05) is 29.6 Å². The van der Waals surface area contributed by atoms with Crippen LogP contribution in [0, 0.1) is 0 Å². The van der Waals surface area contributed by atoms with Crippen LogP contribution >= 0.6 is 34.9 Å². The summed E-state index contributed by atoms with van der Waals surface area (Å²) in [6.07, 6.45) is 1.45. The zero-order chi connectivity index (χ0) is 27.6. The highest BCUT2D eigenvalue weighted by atomic mass is 32.2. The number of nitrogens with one attached hydrogen (secondary N) is 1. The number of carbonyl (C=O) groups excluding carboxylic acids is 2. The van der Waals surface area contributed by atoms with E-state index < -0.39 is 29.2 Å². The molecule has 2 aliphatic heterocycles. The molecule has 2 aromatic rings. The Hall–Kier alpha value is -3.83. The summed E-state index contributed by atoms with van der Waals surface area (Å²) in [5.41, 5.74) is 17.9. The summed E-state index contributed by atoms with van der Waals surface area (Å²) in [5.74, 6) is -1.31. The van der Waals surface area contributed by atoms with Crippen molar-refractivity contribution < 1.29 is 28.9 Å². The van der Waals surface area contributed by atoms with Gasteiger partial charge in [0, 0.05) is 23.0 Å². The molecule has 0 aliphatic carbocycles. The highest BCUT2D eigenvalue weighted by molar-refractivity contribution is 8.01. The van der Waals surface area contributed by atoms with Gasteiger partial charge in [-0.2, -0.15) is 0 Å². The Balaban J connectivity index is 1.50. The molecule has 2 amide bonds. The largest absolute Gasteiger partial charge is 0.477 e. The minimum Gasteiger partial charge on any atom is -0.477 e. The van der Waals surface area contributed by atoms with Crippen LogP contribution in [0.15, 0.2) is 45.6 Å². The molecule has 0 bridgehead atoms. The van der Waals surface area contributed by atoms with Crippen LogP contribution in [0.5, 0.6) is 0 Å². The predicted octanol–water partition coefficient (Wildman–Crippen LogP) is -0.453. The van der Waals surface area contributed by atoms with Gasteiger partial charge >= 0.3 is 11.9 Å². The van der Waals surface area contributed by atoms with Crippen LogP contribution in [-0.2, 0) is 26.3 Å². The van der Waals surface area contributed by atoms with Crippen molar-refractivity contribution in [2.45, 2.75) is 16.4 Å². The zero-order valence-electron chi connectivity index (χ0n) is 20.0. The van der Waals surface area contributed by atoms with Crippen LogP contribution in [0.1, 0.15) is 5.69 Å². The van der Waals surface area contributed by atoms with E-state index in [9.17, 15) is 19.5 Å². The van der Waals surface area contributed by atoms with Crippen molar-refractivity contribution in [2.24, 2.45) is 12.2 Å². The molecule has 4 rings (SSSR count). The fourth-order valence-corrected chi connectivity index (χ4v) is 6.52. The first-order valence-electron chi connectivity index (χ1n) is 10.9. The van der Waals surface area contributed by atoms with E-state index in [-0.39, 0.29) is 40.5 Å². The number of amides is 2. The zero-order valence-corrected chi connectivity index (χ0v) is 22.4. The molecule has 0 saturated carbocycles. The molecule has 1 saturated heterocycles. The average Bonchev–Trinajstić information content (AvgIpc) is 3.31. The van der Waals surface area contributed by atoms with Crippen LogP contribution < -0.4 is 27.1 Å². The fraction of sp³-hybridized carbons (Fsp3) is 0.286. The van der Waals surface area contributed by atoms with Gasteiger partial charge in [0.2, 0.25) is 0 Å². The number of carboxylic acid groups (broad SMARTS) is 1. The summed E-state index contributed by atoms with van der Waals surface area (Å²) in [6, 6.07) is 0.668. The second kappa shape index (κ2) is 11.3. The van der Waals surface area contributed by atoms with Crippen molar-refractivity contribution in [3.63, 3.8) is 0 Å². The van der Waals surface area contributed by atoms with Gasteiger partial charge in [-0.3, -0.25) is 14.5 Å². The van der Waals surface area contributed by atoms with Gasteiger partial charge < -0.3 is 32.5 Å². The number of hydrogen-bond acceptors (Lipinski definition) is 13. The molecule has 2 atom stereocenters. The Morgan fingerprint density at radius 3 is 2.82 bits per heavy atom. The molecule has 0 aromatic carbocycles. The van der Waals surface area contributed by atoms with E-state index in [1.807, 2.05) is 0 Å². The third kappa shape index (κ3) is 5.39. The van der Waals surface area contributed by atoms with E-state index in [1.165, 1.54) is 44.4 Å². The van der Waals surface area contributed by atoms with E-state index >= 15 is 0 Å². The molecule has 0 spiro atoms. The second-order valence-corrected chi connectivity index (χ2v) is 10.9. The van der Waals surface area contributed by atoms with Gasteiger partial charge in [-0.25, -0.2) is 14.3 Å². The number of nitrogens with zero attached hydrogens (tertiary/aromatic N) is 5. The van der Waals surface area contributed by atoms with Crippen molar-refractivity contribution in [3.05, 3.63) is 41.1 Å². The van der Waals surface area contributed by atoms with Gasteiger partial charge in [0.25, 0.3) is 11.8 Å². The molecule has 14 nitrogen and oxygen atoms in total. The number of aliphatic carboxylic acids is 1. The van der Waals surface area contributed by atoms with Crippen molar-refractivity contribution >= 4 is 75.3 Å². The maximum Gasteiger partial charge on any atom is 0.352 e. The molecule has 2 aromatic heterocycles. The smallest absolute Gasteiger partial charge is 0.352 e. The monoisotopic (exact) mass is 578 g/mol. The number of carbonyl (C=O) groups is 3. The lowest BCUT2D eigenvalue weighted by molar-refractivity contribution is -0.645. The Kier molecular flexibility index (Phi) is 8.08. The number of oxime groups is 1. The number of fused-ring (bicyclic) bond motifs is 1. The maximum absolute atomic E-state index is 13.0. The van der Waals surface area contributed by atoms with Crippen molar-refractivity contribution in [1.29, 1.82) is 0 Å². The summed E-state index contributed by atoms with van der Waals surface area (Å²) >= 11 is 3.71. The van der Waals surface area contributed by atoms with E-state index in [0.717, 1.165) is 11.3 Å². The lowest BCUT2D eigenvalue weighted by atomic mass is 10.0. The summed E-state index contributed by atoms with van der Waals surface area (Å²) in [5, 5.41) is 18.0. The highest BCUT2D eigenvalue weighted by Gasteiger charge is 2.54. The van der Waals surface area contributed by atoms with Gasteiger partial charge in [-0.05, 0) is 5.57 Å². The van der Waals surface area contributed by atoms with E-state index in [2.05, 4.69) is 27.0 Å². The van der Waals surface area contributed by atoms with Gasteiger partial charge in [0.15, 0.2) is 21.7 Å². The highest BCUT2D eigenvalue weighted by Crippen LogP contribution is 2.41. The number of anilines is 3. The Labute approximate surface area is 229 Å². The molecule has 1 fully saturated rings. The molecule has 2 aliphatic rings. The number of β-lactam (4-membered cyclic amide) rings is 1. The fourth-order valence-electron chi connectivity index (χ4n) is 3.57. The molecule has 38 heavy (non-hydrogen) atoms. The lowest BCUT2D eigenvalue weighted by Crippen LogP contribution is -2.71. The standard InChI is InChI=1S/C21H23N9O5S3/c1-3-4-35-28-13(10-8-38-21(24)25-10)16(31)27-14-17(32)30-15(19(33)34)9(7-37-18(14)30)6-36-12-5-11(22)29(2)20(23)26-12/h3,5,8,14,18H,1,4,6-7H2,2H3,(H7,22,23,24,25,26,27,31,33,34)/p+1/b28-13-/t14-,18-/m1/s1. The van der Waals surface area contributed by atoms with Crippen LogP contribution in [0.25, 0.3) is 0 Å². The maximum atomic E-state index is 13.0. The van der Waals surface area contributed by atoms with Crippen LogP contribution in [0.4, 0.5) is 16.9 Å². The van der Waals surface area contributed by atoms with Crippen LogP contribution in [-0.4, -0.2) is 73.0 Å². The van der Waals surface area contributed by atoms with Gasteiger partial charge in [-0.15, -0.1) is 28.1 Å². The molecule has 17 heteroatoms. The van der Waals surface area contributed by atoms with Gasteiger partial charge in [0.05, 0.1) is 7.05 Å². The Bertz CT molecular complexity index is 1350. The van der Waals surface area contributed by atoms with Crippen LogP contribution in [0.2, 0.25) is 0 Å². The molecule has 4 heterocycles. The average molecular weight is 579 g/mol. The van der Waals surface area contributed by atoms with Crippen LogP contribution in [0.3, 0.4) is 0 Å². The summed E-state index contributed by atoms with van der Waals surface area (Å²) < 4.78 is 1.52. The first-order valence-corrected chi connectivity index (χ1v) is 13.8. The summed E-state index contributed by atoms with van der Waals surface area (Å²) in [7, 11) is 1.68. The number of rotatable bonds is 10. The third-order valence-corrected chi connectivity index (χ3v) is 8.50. The number of nitrogens with two attached hydrogens (primary N) is 3. The quantitative estimate of drug-likeness (QED) is 0.0354. The number of thiazole rings is 1. The molecule has 0 unspecified atom stereocenters. The molecule has 0 radical (unpaired) electrons. The number of nitrogen functional groups attached to an aromatic ring is 3. The second-order valence-electron chi connectivity index (χ2n) is 7.94. The predicted molar refractivity (Wildman–Crippen MR) is 144 cm³/mol. The number of thioether (sulfide) groups is 2. The van der Waals surface area contributed by atoms with Gasteiger partial charge in [0.1, 0.15) is 29.4 Å².